The average Bonchev–Trinajstić information content (AvgIpc) is 2.60. The molecule has 7 heteroatoms. The minimum atomic E-state index is -0.0217. The zero-order valence-corrected chi connectivity index (χ0v) is 17.0. The molecule has 0 aromatic heterocycles. The Labute approximate surface area is 159 Å². The molecule has 2 N–H and O–H groups in total. The molecule has 0 aliphatic rings. The molecular formula is C18H30BrN3O3. The zero-order chi connectivity index (χ0) is 18.3. The van der Waals surface area contributed by atoms with Crippen molar-refractivity contribution in [3.8, 4) is 5.75 Å². The van der Waals surface area contributed by atoms with Crippen molar-refractivity contribution in [1.82, 2.24) is 10.6 Å². The van der Waals surface area contributed by atoms with E-state index in [1.54, 1.807) is 7.11 Å². The van der Waals surface area contributed by atoms with Gasteiger partial charge >= 0.3 is 0 Å². The lowest BCUT2D eigenvalue weighted by Gasteiger charge is -2.16. The Kier molecular flexibility index (Phi) is 12.1. The van der Waals surface area contributed by atoms with Gasteiger partial charge in [-0.25, -0.2) is 4.99 Å². The number of aliphatic imine (C=N–C) groups is 1. The van der Waals surface area contributed by atoms with Crippen LogP contribution in [0.25, 0.3) is 0 Å². The third kappa shape index (κ3) is 10.3. The third-order valence-electron chi connectivity index (χ3n) is 3.21. The number of nitrogens with zero attached hydrogens (tertiary/aromatic N) is 1. The summed E-state index contributed by atoms with van der Waals surface area (Å²) in [5.41, 5.74) is 0. The highest BCUT2D eigenvalue weighted by Crippen LogP contribution is 2.24. The highest BCUT2D eigenvalue weighted by Gasteiger charge is 2.07. The van der Waals surface area contributed by atoms with Crippen LogP contribution in [0, 0.1) is 0 Å². The largest absolute Gasteiger partial charge is 0.488 e. The number of para-hydroxylation sites is 1. The number of benzene rings is 1. The van der Waals surface area contributed by atoms with Crippen LogP contribution in [-0.4, -0.2) is 58.6 Å². The second-order valence-corrected chi connectivity index (χ2v) is 6.32. The van der Waals surface area contributed by atoms with E-state index in [9.17, 15) is 0 Å². The fraction of sp³-hybridized carbons (Fsp3) is 0.611. The number of nitrogens with one attached hydrogen (secondary N) is 2. The summed E-state index contributed by atoms with van der Waals surface area (Å²) < 4.78 is 17.2. The Morgan fingerprint density at radius 1 is 1.20 bits per heavy atom. The van der Waals surface area contributed by atoms with Crippen molar-refractivity contribution in [2.75, 3.05) is 46.6 Å². The predicted molar refractivity (Wildman–Crippen MR) is 106 cm³/mol. The van der Waals surface area contributed by atoms with Gasteiger partial charge in [0.15, 0.2) is 5.96 Å². The normalized spacial score (nSPS) is 12.7. The van der Waals surface area contributed by atoms with Crippen molar-refractivity contribution in [3.05, 3.63) is 28.7 Å². The highest BCUT2D eigenvalue weighted by atomic mass is 79.9. The van der Waals surface area contributed by atoms with Crippen LogP contribution in [-0.2, 0) is 9.47 Å². The second kappa shape index (κ2) is 13.9. The molecule has 25 heavy (non-hydrogen) atoms. The molecule has 0 aliphatic heterocycles. The van der Waals surface area contributed by atoms with Gasteiger partial charge in [-0.05, 0) is 48.3 Å². The molecule has 142 valence electrons. The van der Waals surface area contributed by atoms with Crippen molar-refractivity contribution in [2.24, 2.45) is 4.99 Å². The van der Waals surface area contributed by atoms with E-state index in [4.69, 9.17) is 14.2 Å². The first-order valence-electron chi connectivity index (χ1n) is 8.67. The summed E-state index contributed by atoms with van der Waals surface area (Å²) >= 11 is 3.49. The second-order valence-electron chi connectivity index (χ2n) is 5.46. The van der Waals surface area contributed by atoms with E-state index in [1.165, 1.54) is 0 Å². The van der Waals surface area contributed by atoms with Crippen LogP contribution in [0.2, 0.25) is 0 Å². The van der Waals surface area contributed by atoms with Gasteiger partial charge < -0.3 is 24.8 Å². The van der Waals surface area contributed by atoms with E-state index in [0.717, 1.165) is 35.7 Å². The lowest BCUT2D eigenvalue weighted by molar-refractivity contribution is 0.0698. The lowest BCUT2D eigenvalue weighted by atomic mass is 10.3. The van der Waals surface area contributed by atoms with Crippen LogP contribution in [0.1, 0.15) is 20.3 Å². The molecule has 1 rings (SSSR count). The first-order chi connectivity index (χ1) is 12.2. The number of guanidine groups is 1. The molecule has 1 atom stereocenters. The number of halogens is 1. The lowest BCUT2D eigenvalue weighted by Crippen LogP contribution is -2.38. The molecular weight excluding hydrogens is 386 g/mol. The van der Waals surface area contributed by atoms with Crippen molar-refractivity contribution in [1.29, 1.82) is 0 Å². The summed E-state index contributed by atoms with van der Waals surface area (Å²) in [5, 5.41) is 6.54. The summed E-state index contributed by atoms with van der Waals surface area (Å²) in [6.45, 7) is 8.22. The molecule has 6 nitrogen and oxygen atoms in total. The van der Waals surface area contributed by atoms with Gasteiger partial charge in [-0.2, -0.15) is 0 Å². The predicted octanol–water partition coefficient (Wildman–Crippen LogP) is 2.82. The van der Waals surface area contributed by atoms with Crippen LogP contribution in [0.3, 0.4) is 0 Å². The first-order valence-corrected chi connectivity index (χ1v) is 9.46. The summed E-state index contributed by atoms with van der Waals surface area (Å²) in [6.07, 6.45) is 0.892. The van der Waals surface area contributed by atoms with Crippen LogP contribution >= 0.6 is 15.9 Å². The monoisotopic (exact) mass is 415 g/mol. The van der Waals surface area contributed by atoms with E-state index in [0.29, 0.717) is 26.4 Å². The third-order valence-corrected chi connectivity index (χ3v) is 3.86. The Balaban J connectivity index is 2.32. The molecule has 0 amide bonds. The fourth-order valence-corrected chi connectivity index (χ4v) is 2.36. The Morgan fingerprint density at radius 3 is 2.72 bits per heavy atom. The molecule has 0 saturated heterocycles. The van der Waals surface area contributed by atoms with Crippen molar-refractivity contribution < 1.29 is 14.2 Å². The number of ether oxygens (including phenoxy) is 3. The SMILES string of the molecule is CCNC(=NCC(C)Oc1ccccc1Br)NCCCOCCOC. The minimum absolute atomic E-state index is 0.0217. The Morgan fingerprint density at radius 2 is 2.00 bits per heavy atom. The van der Waals surface area contributed by atoms with Crippen LogP contribution < -0.4 is 15.4 Å². The van der Waals surface area contributed by atoms with Gasteiger partial charge in [0.05, 0.1) is 24.2 Å². The van der Waals surface area contributed by atoms with Gasteiger partial charge in [0.25, 0.3) is 0 Å². The molecule has 0 fully saturated rings. The average molecular weight is 416 g/mol. The molecule has 1 aromatic carbocycles. The van der Waals surface area contributed by atoms with E-state index in [2.05, 4.69) is 31.6 Å². The van der Waals surface area contributed by atoms with Crippen molar-refractivity contribution in [3.63, 3.8) is 0 Å². The minimum Gasteiger partial charge on any atom is -0.488 e. The molecule has 0 heterocycles. The molecule has 0 saturated carbocycles. The summed E-state index contributed by atoms with van der Waals surface area (Å²) in [4.78, 5) is 4.58. The summed E-state index contributed by atoms with van der Waals surface area (Å²) in [5.74, 6) is 1.62. The van der Waals surface area contributed by atoms with Gasteiger partial charge in [0.2, 0.25) is 0 Å². The Bertz CT molecular complexity index is 500. The maximum absolute atomic E-state index is 5.91. The highest BCUT2D eigenvalue weighted by molar-refractivity contribution is 9.10. The van der Waals surface area contributed by atoms with E-state index in [1.807, 2.05) is 38.1 Å². The maximum atomic E-state index is 5.91. The topological polar surface area (TPSA) is 64.1 Å². The van der Waals surface area contributed by atoms with Gasteiger partial charge in [-0.3, -0.25) is 0 Å². The van der Waals surface area contributed by atoms with Gasteiger partial charge in [-0.1, -0.05) is 12.1 Å². The summed E-state index contributed by atoms with van der Waals surface area (Å²) in [6, 6.07) is 7.82. The van der Waals surface area contributed by atoms with Crippen LogP contribution in [0.4, 0.5) is 0 Å². The molecule has 0 aliphatic carbocycles. The van der Waals surface area contributed by atoms with E-state index in [-0.39, 0.29) is 6.10 Å². The number of hydrogen-bond acceptors (Lipinski definition) is 4. The molecule has 0 spiro atoms. The molecule has 1 aromatic rings. The fourth-order valence-electron chi connectivity index (χ4n) is 1.98. The van der Waals surface area contributed by atoms with Gasteiger partial charge in [0.1, 0.15) is 11.9 Å². The zero-order valence-electron chi connectivity index (χ0n) is 15.4. The smallest absolute Gasteiger partial charge is 0.191 e. The number of hydrogen-bond donors (Lipinski definition) is 2. The maximum Gasteiger partial charge on any atom is 0.191 e. The molecule has 0 bridgehead atoms. The van der Waals surface area contributed by atoms with E-state index < -0.39 is 0 Å². The van der Waals surface area contributed by atoms with E-state index >= 15 is 0 Å². The number of rotatable bonds is 12. The molecule has 0 radical (unpaired) electrons. The number of methoxy groups -OCH3 is 1. The first kappa shape index (κ1) is 21.7. The van der Waals surface area contributed by atoms with Gasteiger partial charge in [-0.15, -0.1) is 0 Å². The van der Waals surface area contributed by atoms with Gasteiger partial charge in [0, 0.05) is 26.8 Å². The quantitative estimate of drug-likeness (QED) is 0.312. The van der Waals surface area contributed by atoms with Crippen LogP contribution in [0.5, 0.6) is 5.75 Å². The van der Waals surface area contributed by atoms with Crippen molar-refractivity contribution >= 4 is 21.9 Å². The van der Waals surface area contributed by atoms with Crippen molar-refractivity contribution in [2.45, 2.75) is 26.4 Å². The summed E-state index contributed by atoms with van der Waals surface area (Å²) in [7, 11) is 1.67. The Hall–Kier alpha value is -1.31. The standard InChI is InChI=1S/C18H30BrN3O3/c1-4-20-18(21-10-7-11-24-13-12-23-3)22-14-15(2)25-17-9-6-5-8-16(17)19/h5-6,8-9,15H,4,7,10-14H2,1-3H3,(H2,20,21,22). The van der Waals surface area contributed by atoms with Crippen LogP contribution in [0.15, 0.2) is 33.7 Å². The molecule has 1 unspecified atom stereocenters.